The zero-order chi connectivity index (χ0) is 16.9. The van der Waals surface area contributed by atoms with Gasteiger partial charge in [-0.3, -0.25) is 4.79 Å². The highest BCUT2D eigenvalue weighted by molar-refractivity contribution is 7.90. The zero-order valence-electron chi connectivity index (χ0n) is 13.1. The molecule has 6 nitrogen and oxygen atoms in total. The van der Waals surface area contributed by atoms with Crippen LogP contribution in [0.1, 0.15) is 30.6 Å². The van der Waals surface area contributed by atoms with E-state index in [-0.39, 0.29) is 16.4 Å². The molecule has 0 heterocycles. The Bertz CT molecular complexity index is 654. The maximum Gasteiger partial charge on any atom is 0.328 e. The lowest BCUT2D eigenvalue weighted by Crippen LogP contribution is -2.45. The monoisotopic (exact) mass is 327 g/mol. The average molecular weight is 327 g/mol. The first-order valence-corrected chi connectivity index (χ1v) is 8.79. The summed E-state index contributed by atoms with van der Waals surface area (Å²) < 4.78 is 28.2. The number of ether oxygens (including phenoxy) is 1. The van der Waals surface area contributed by atoms with E-state index in [1.807, 2.05) is 13.8 Å². The highest BCUT2D eigenvalue weighted by atomic mass is 32.2. The first-order chi connectivity index (χ1) is 10.2. The lowest BCUT2D eigenvalue weighted by Gasteiger charge is -2.22. The van der Waals surface area contributed by atoms with E-state index in [0.29, 0.717) is 6.42 Å². The Labute approximate surface area is 130 Å². The van der Waals surface area contributed by atoms with Crippen molar-refractivity contribution in [2.45, 2.75) is 31.2 Å². The summed E-state index contributed by atoms with van der Waals surface area (Å²) in [7, 11) is -2.30. The largest absolute Gasteiger partial charge is 0.467 e. The molecule has 1 amide bonds. The second-order valence-electron chi connectivity index (χ2n) is 5.13. The zero-order valence-corrected chi connectivity index (χ0v) is 13.9. The third-order valence-electron chi connectivity index (χ3n) is 3.49. The SMILES string of the molecule is CC[C@H](C)[C@H](NC(=O)c1ccccc1S(C)(=O)=O)C(=O)OC. The number of methoxy groups -OCH3 is 1. The van der Waals surface area contributed by atoms with Crippen LogP contribution < -0.4 is 5.32 Å². The molecule has 22 heavy (non-hydrogen) atoms. The van der Waals surface area contributed by atoms with Gasteiger partial charge >= 0.3 is 5.97 Å². The van der Waals surface area contributed by atoms with Gasteiger partial charge in [-0.15, -0.1) is 0 Å². The Hall–Kier alpha value is -1.89. The minimum Gasteiger partial charge on any atom is -0.467 e. The van der Waals surface area contributed by atoms with Gasteiger partial charge in [-0.05, 0) is 18.1 Å². The lowest BCUT2D eigenvalue weighted by atomic mass is 9.99. The van der Waals surface area contributed by atoms with E-state index >= 15 is 0 Å². The molecule has 0 saturated carbocycles. The molecule has 0 aliphatic heterocycles. The average Bonchev–Trinajstić information content (AvgIpc) is 2.50. The van der Waals surface area contributed by atoms with Crippen molar-refractivity contribution in [2.24, 2.45) is 5.92 Å². The second-order valence-corrected chi connectivity index (χ2v) is 7.11. The molecule has 0 unspecified atom stereocenters. The summed E-state index contributed by atoms with van der Waals surface area (Å²) in [6.07, 6.45) is 1.69. The number of rotatable bonds is 6. The van der Waals surface area contributed by atoms with E-state index in [9.17, 15) is 18.0 Å². The van der Waals surface area contributed by atoms with Gasteiger partial charge in [0.25, 0.3) is 5.91 Å². The molecule has 0 spiro atoms. The van der Waals surface area contributed by atoms with Crippen molar-refractivity contribution in [3.8, 4) is 0 Å². The van der Waals surface area contributed by atoms with Crippen LogP contribution in [-0.2, 0) is 19.4 Å². The first-order valence-electron chi connectivity index (χ1n) is 6.90. The standard InChI is InChI=1S/C15H21NO5S/c1-5-10(2)13(15(18)21-3)16-14(17)11-8-6-7-9-12(11)22(4,19)20/h6-10,13H,5H2,1-4H3,(H,16,17)/t10-,13-/m0/s1. The number of carbonyl (C=O) groups is 2. The molecular formula is C15H21NO5S. The smallest absolute Gasteiger partial charge is 0.328 e. The van der Waals surface area contributed by atoms with Crippen molar-refractivity contribution in [1.82, 2.24) is 5.32 Å². The molecule has 1 aromatic carbocycles. The van der Waals surface area contributed by atoms with E-state index in [4.69, 9.17) is 4.74 Å². The molecule has 1 N–H and O–H groups in total. The highest BCUT2D eigenvalue weighted by Crippen LogP contribution is 2.17. The number of amides is 1. The van der Waals surface area contributed by atoms with Gasteiger partial charge in [0.15, 0.2) is 9.84 Å². The summed E-state index contributed by atoms with van der Waals surface area (Å²) >= 11 is 0. The van der Waals surface area contributed by atoms with Crippen LogP contribution in [-0.4, -0.2) is 39.7 Å². The fourth-order valence-corrected chi connectivity index (χ4v) is 2.88. The fraction of sp³-hybridized carbons (Fsp3) is 0.467. The van der Waals surface area contributed by atoms with Gasteiger partial charge in [0, 0.05) is 6.26 Å². The third kappa shape index (κ3) is 4.30. The van der Waals surface area contributed by atoms with Crippen LogP contribution in [0.25, 0.3) is 0 Å². The van der Waals surface area contributed by atoms with Gasteiger partial charge in [0.2, 0.25) is 0 Å². The molecule has 0 saturated heterocycles. The van der Waals surface area contributed by atoms with Gasteiger partial charge in [-0.2, -0.15) is 0 Å². The Kier molecular flexibility index (Phi) is 6.11. The third-order valence-corrected chi connectivity index (χ3v) is 4.64. The minimum atomic E-state index is -3.54. The van der Waals surface area contributed by atoms with Crippen LogP contribution in [0, 0.1) is 5.92 Å². The molecule has 0 aromatic heterocycles. The Morgan fingerprint density at radius 3 is 2.36 bits per heavy atom. The van der Waals surface area contributed by atoms with Crippen molar-refractivity contribution in [3.05, 3.63) is 29.8 Å². The number of carbonyl (C=O) groups excluding carboxylic acids is 2. The van der Waals surface area contributed by atoms with Gasteiger partial charge < -0.3 is 10.1 Å². The van der Waals surface area contributed by atoms with Crippen molar-refractivity contribution < 1.29 is 22.7 Å². The summed E-state index contributed by atoms with van der Waals surface area (Å²) in [6.45, 7) is 3.70. The Balaban J connectivity index is 3.14. The number of esters is 1. The number of benzene rings is 1. The van der Waals surface area contributed by atoms with Crippen LogP contribution in [0.4, 0.5) is 0 Å². The summed E-state index contributed by atoms with van der Waals surface area (Å²) in [4.78, 5) is 24.1. The molecule has 0 fully saturated rings. The maximum atomic E-state index is 12.4. The normalized spacial score (nSPS) is 14.0. The summed E-state index contributed by atoms with van der Waals surface area (Å²) in [5, 5.41) is 2.57. The number of nitrogens with one attached hydrogen (secondary N) is 1. The van der Waals surface area contributed by atoms with E-state index in [0.717, 1.165) is 6.26 Å². The summed E-state index contributed by atoms with van der Waals surface area (Å²) in [6, 6.07) is 5.06. The topological polar surface area (TPSA) is 89.5 Å². The van der Waals surface area contributed by atoms with E-state index in [1.54, 1.807) is 12.1 Å². The van der Waals surface area contributed by atoms with Crippen molar-refractivity contribution in [3.63, 3.8) is 0 Å². The van der Waals surface area contributed by atoms with Crippen LogP contribution in [0.15, 0.2) is 29.2 Å². The van der Waals surface area contributed by atoms with Gasteiger partial charge in [0.1, 0.15) is 6.04 Å². The molecule has 1 aromatic rings. The Morgan fingerprint density at radius 2 is 1.86 bits per heavy atom. The lowest BCUT2D eigenvalue weighted by molar-refractivity contribution is -0.144. The number of sulfone groups is 1. The van der Waals surface area contributed by atoms with Gasteiger partial charge in [-0.1, -0.05) is 32.4 Å². The highest BCUT2D eigenvalue weighted by Gasteiger charge is 2.28. The van der Waals surface area contributed by atoms with Gasteiger partial charge in [0.05, 0.1) is 17.6 Å². The summed E-state index contributed by atoms with van der Waals surface area (Å²) in [5.41, 5.74) is 0.0159. The van der Waals surface area contributed by atoms with Crippen molar-refractivity contribution in [2.75, 3.05) is 13.4 Å². The van der Waals surface area contributed by atoms with Crippen molar-refractivity contribution in [1.29, 1.82) is 0 Å². The molecular weight excluding hydrogens is 306 g/mol. The molecule has 2 atom stereocenters. The van der Waals surface area contributed by atoms with Crippen LogP contribution in [0.3, 0.4) is 0 Å². The van der Waals surface area contributed by atoms with Gasteiger partial charge in [-0.25, -0.2) is 13.2 Å². The second kappa shape index (κ2) is 7.40. The minimum absolute atomic E-state index is 0.0159. The number of hydrogen-bond donors (Lipinski definition) is 1. The predicted molar refractivity (Wildman–Crippen MR) is 82.3 cm³/mol. The molecule has 0 radical (unpaired) electrons. The van der Waals surface area contributed by atoms with Crippen LogP contribution in [0.2, 0.25) is 0 Å². The molecule has 122 valence electrons. The van der Waals surface area contributed by atoms with Crippen LogP contribution >= 0.6 is 0 Å². The fourth-order valence-electron chi connectivity index (χ4n) is 1.99. The molecule has 0 bridgehead atoms. The van der Waals surface area contributed by atoms with E-state index in [2.05, 4.69) is 5.32 Å². The van der Waals surface area contributed by atoms with Crippen LogP contribution in [0.5, 0.6) is 0 Å². The van der Waals surface area contributed by atoms with Crippen molar-refractivity contribution >= 4 is 21.7 Å². The predicted octanol–water partition coefficient (Wildman–Crippen LogP) is 1.41. The van der Waals surface area contributed by atoms with E-state index in [1.165, 1.54) is 19.2 Å². The molecule has 0 aliphatic carbocycles. The number of hydrogen-bond acceptors (Lipinski definition) is 5. The van der Waals surface area contributed by atoms with E-state index < -0.39 is 27.8 Å². The summed E-state index contributed by atoms with van der Waals surface area (Å²) in [5.74, 6) is -1.31. The Morgan fingerprint density at radius 1 is 1.27 bits per heavy atom. The molecule has 1 rings (SSSR count). The molecule has 0 aliphatic rings. The maximum absolute atomic E-state index is 12.4. The first kappa shape index (κ1) is 18.2. The molecule has 7 heteroatoms. The quantitative estimate of drug-likeness (QED) is 0.798.